The Morgan fingerprint density at radius 2 is 1.76 bits per heavy atom. The van der Waals surface area contributed by atoms with Gasteiger partial charge in [-0.15, -0.1) is 0 Å². The summed E-state index contributed by atoms with van der Waals surface area (Å²) in [5.74, 6) is 0.508. The number of aromatic nitrogens is 5. The van der Waals surface area contributed by atoms with Crippen molar-refractivity contribution in [3.63, 3.8) is 0 Å². The Bertz CT molecular complexity index is 1510. The maximum Gasteiger partial charge on any atom is 0.181 e. The third-order valence-corrected chi connectivity index (χ3v) is 8.15. The van der Waals surface area contributed by atoms with Gasteiger partial charge in [0.15, 0.2) is 21.3 Å². The van der Waals surface area contributed by atoms with Gasteiger partial charge in [0.2, 0.25) is 0 Å². The lowest BCUT2D eigenvalue weighted by Crippen LogP contribution is -2.26. The third-order valence-electron chi connectivity index (χ3n) is 7.02. The van der Waals surface area contributed by atoms with Crippen molar-refractivity contribution in [3.05, 3.63) is 54.6 Å². The number of fused-ring (bicyclic) bond motifs is 1. The van der Waals surface area contributed by atoms with Gasteiger partial charge in [-0.1, -0.05) is 18.2 Å². The minimum atomic E-state index is -3.60. The molecule has 4 aromatic rings. The molecule has 38 heavy (non-hydrogen) atoms. The second-order valence-corrected chi connectivity index (χ2v) is 11.9. The summed E-state index contributed by atoms with van der Waals surface area (Å²) in [6.07, 6.45) is 10.1. The summed E-state index contributed by atoms with van der Waals surface area (Å²) >= 11 is 0. The van der Waals surface area contributed by atoms with Crippen LogP contribution in [0.4, 0.5) is 5.82 Å². The van der Waals surface area contributed by atoms with Crippen molar-refractivity contribution in [2.45, 2.75) is 42.6 Å². The highest BCUT2D eigenvalue weighted by Gasteiger charge is 2.33. The van der Waals surface area contributed by atoms with Crippen molar-refractivity contribution in [1.29, 1.82) is 0 Å². The molecule has 1 aliphatic rings. The van der Waals surface area contributed by atoms with E-state index in [-0.39, 0.29) is 16.9 Å². The minimum absolute atomic E-state index is 0.000456. The van der Waals surface area contributed by atoms with E-state index in [4.69, 9.17) is 14.5 Å². The lowest BCUT2D eigenvalue weighted by Gasteiger charge is -2.30. The summed E-state index contributed by atoms with van der Waals surface area (Å²) in [5.41, 5.74) is 3.82. The highest BCUT2D eigenvalue weighted by molar-refractivity contribution is 7.91. The lowest BCUT2D eigenvalue weighted by molar-refractivity contribution is -0.00308. The average Bonchev–Trinajstić information content (AvgIpc) is 3.55. The standard InChI is InChI=1S/C27H34N6O4S/c1-31(2)27-25(38(4,34)35)24(19-10-12-22(13-11-19)37-15-14-36-3)30-26-23(17-29-33(26)27)20-16-28-32(18-20)21-8-6-5-7-9-21/h5-9,16-19,22H,10-15H2,1-4H3. The van der Waals surface area contributed by atoms with Gasteiger partial charge in [-0.25, -0.2) is 18.1 Å². The van der Waals surface area contributed by atoms with Crippen LogP contribution in [-0.4, -0.2) is 79.6 Å². The van der Waals surface area contributed by atoms with E-state index in [9.17, 15) is 8.42 Å². The Morgan fingerprint density at radius 3 is 2.42 bits per heavy atom. The fraction of sp³-hybridized carbons (Fsp3) is 0.444. The van der Waals surface area contributed by atoms with Gasteiger partial charge < -0.3 is 14.4 Å². The number of anilines is 1. The van der Waals surface area contributed by atoms with E-state index >= 15 is 0 Å². The first-order valence-corrected chi connectivity index (χ1v) is 14.7. The van der Waals surface area contributed by atoms with Gasteiger partial charge >= 0.3 is 0 Å². The van der Waals surface area contributed by atoms with E-state index in [1.807, 2.05) is 55.3 Å². The first-order valence-electron chi connectivity index (χ1n) is 12.8. The zero-order valence-corrected chi connectivity index (χ0v) is 23.1. The Hall–Kier alpha value is -3.28. The molecule has 0 N–H and O–H groups in total. The molecule has 0 atom stereocenters. The van der Waals surface area contributed by atoms with Crippen LogP contribution in [0.15, 0.2) is 53.8 Å². The summed E-state index contributed by atoms with van der Waals surface area (Å²) in [6, 6.07) is 9.87. The Labute approximate surface area is 223 Å². The first-order chi connectivity index (χ1) is 18.3. The van der Waals surface area contributed by atoms with Gasteiger partial charge in [-0.2, -0.15) is 14.7 Å². The van der Waals surface area contributed by atoms with Crippen molar-refractivity contribution < 1.29 is 17.9 Å². The predicted molar refractivity (Wildman–Crippen MR) is 146 cm³/mol. The van der Waals surface area contributed by atoms with Crippen molar-refractivity contribution >= 4 is 21.3 Å². The van der Waals surface area contributed by atoms with Gasteiger partial charge in [0.05, 0.1) is 43.1 Å². The Balaban J connectivity index is 1.58. The smallest absolute Gasteiger partial charge is 0.181 e. The number of sulfone groups is 1. The molecule has 0 bridgehead atoms. The monoisotopic (exact) mass is 538 g/mol. The molecule has 1 fully saturated rings. The molecule has 0 saturated heterocycles. The highest BCUT2D eigenvalue weighted by Crippen LogP contribution is 2.40. The number of hydrogen-bond donors (Lipinski definition) is 0. The maximum absolute atomic E-state index is 13.2. The zero-order chi connectivity index (χ0) is 26.9. The van der Waals surface area contributed by atoms with Crippen molar-refractivity contribution in [2.24, 2.45) is 0 Å². The van der Waals surface area contributed by atoms with E-state index in [2.05, 4.69) is 10.2 Å². The number of hydrogen-bond acceptors (Lipinski definition) is 8. The van der Waals surface area contributed by atoms with Gasteiger partial charge in [0.1, 0.15) is 4.90 Å². The molecule has 0 amide bonds. The number of para-hydroxylation sites is 1. The molecule has 0 unspecified atom stereocenters. The third kappa shape index (κ3) is 5.18. The highest BCUT2D eigenvalue weighted by atomic mass is 32.2. The predicted octanol–water partition coefficient (Wildman–Crippen LogP) is 3.74. The van der Waals surface area contributed by atoms with Crippen LogP contribution in [0, 0.1) is 0 Å². The van der Waals surface area contributed by atoms with E-state index in [1.165, 1.54) is 6.26 Å². The van der Waals surface area contributed by atoms with Crippen LogP contribution in [0.1, 0.15) is 37.3 Å². The summed E-state index contributed by atoms with van der Waals surface area (Å²) in [6.45, 7) is 1.12. The Morgan fingerprint density at radius 1 is 1.03 bits per heavy atom. The number of benzene rings is 1. The van der Waals surface area contributed by atoms with E-state index in [1.54, 1.807) is 28.9 Å². The summed E-state index contributed by atoms with van der Waals surface area (Å²) < 4.78 is 40.8. The lowest BCUT2D eigenvalue weighted by atomic mass is 9.85. The molecule has 0 radical (unpaired) electrons. The van der Waals surface area contributed by atoms with Crippen LogP contribution in [0.3, 0.4) is 0 Å². The topological polar surface area (TPSA) is 104 Å². The molecular formula is C27H34N6O4S. The maximum atomic E-state index is 13.2. The Kier molecular flexibility index (Phi) is 7.51. The summed E-state index contributed by atoms with van der Waals surface area (Å²) in [7, 11) is 1.74. The van der Waals surface area contributed by atoms with Crippen LogP contribution in [0.2, 0.25) is 0 Å². The zero-order valence-electron chi connectivity index (χ0n) is 22.2. The number of nitrogens with zero attached hydrogens (tertiary/aromatic N) is 6. The molecule has 1 saturated carbocycles. The normalized spacial score (nSPS) is 18.2. The average molecular weight is 539 g/mol. The quantitative estimate of drug-likeness (QED) is 0.297. The molecule has 0 aliphatic heterocycles. The van der Waals surface area contributed by atoms with E-state index in [0.717, 1.165) is 42.5 Å². The van der Waals surface area contributed by atoms with Gasteiger partial charge in [-0.05, 0) is 37.8 Å². The van der Waals surface area contributed by atoms with Crippen molar-refractivity contribution in [2.75, 3.05) is 45.6 Å². The van der Waals surface area contributed by atoms with Crippen LogP contribution < -0.4 is 4.90 Å². The molecular weight excluding hydrogens is 504 g/mol. The molecule has 3 heterocycles. The van der Waals surface area contributed by atoms with Gasteiger partial charge in [0, 0.05) is 50.7 Å². The van der Waals surface area contributed by atoms with E-state index in [0.29, 0.717) is 30.4 Å². The van der Waals surface area contributed by atoms with E-state index < -0.39 is 9.84 Å². The van der Waals surface area contributed by atoms with Gasteiger partial charge in [-0.3, -0.25) is 0 Å². The molecule has 3 aromatic heterocycles. The number of methoxy groups -OCH3 is 1. The SMILES string of the molecule is COCCOC1CCC(c2nc3c(-c4cnn(-c5ccccc5)c4)cnn3c(N(C)C)c2S(C)(=O)=O)CC1. The molecule has 1 aliphatic carbocycles. The van der Waals surface area contributed by atoms with Crippen LogP contribution in [0.25, 0.3) is 22.5 Å². The van der Waals surface area contributed by atoms with Crippen molar-refractivity contribution in [3.8, 4) is 16.8 Å². The second-order valence-electron chi connectivity index (χ2n) is 9.96. The molecule has 11 heteroatoms. The fourth-order valence-corrected chi connectivity index (χ4v) is 6.39. The van der Waals surface area contributed by atoms with Crippen LogP contribution in [-0.2, 0) is 19.3 Å². The fourth-order valence-electron chi connectivity index (χ4n) is 5.19. The molecule has 1 aromatic carbocycles. The largest absolute Gasteiger partial charge is 0.382 e. The first kappa shape index (κ1) is 26.3. The van der Waals surface area contributed by atoms with Crippen LogP contribution in [0.5, 0.6) is 0 Å². The van der Waals surface area contributed by atoms with Crippen LogP contribution >= 0.6 is 0 Å². The summed E-state index contributed by atoms with van der Waals surface area (Å²) in [5, 5.41) is 9.13. The minimum Gasteiger partial charge on any atom is -0.382 e. The summed E-state index contributed by atoms with van der Waals surface area (Å²) in [4.78, 5) is 7.07. The number of rotatable bonds is 9. The van der Waals surface area contributed by atoms with Gasteiger partial charge in [0.25, 0.3) is 0 Å². The molecule has 5 rings (SSSR count). The second kappa shape index (κ2) is 10.8. The number of ether oxygens (including phenoxy) is 2. The molecule has 0 spiro atoms. The van der Waals surface area contributed by atoms with Crippen molar-refractivity contribution in [1.82, 2.24) is 24.4 Å². The molecule has 10 nitrogen and oxygen atoms in total. The molecule has 202 valence electrons.